The maximum Gasteiger partial charge on any atom is 0.0698 e. The van der Waals surface area contributed by atoms with Gasteiger partial charge in [-0.2, -0.15) is 0 Å². The Morgan fingerprint density at radius 2 is 1.94 bits per heavy atom. The van der Waals surface area contributed by atoms with Crippen LogP contribution in [-0.2, 0) is 0 Å². The summed E-state index contributed by atoms with van der Waals surface area (Å²) < 4.78 is 0. The maximum atomic E-state index is 4.30. The summed E-state index contributed by atoms with van der Waals surface area (Å²) in [6, 6.07) is 0. The molecule has 0 N–H and O–H groups in total. The number of aliphatic imine (C=N–C) groups is 1. The van der Waals surface area contributed by atoms with Gasteiger partial charge in [0.25, 0.3) is 0 Å². The molecule has 1 fully saturated rings. The molecule has 0 radical (unpaired) electrons. The molecule has 0 spiro atoms. The van der Waals surface area contributed by atoms with Gasteiger partial charge < -0.3 is 0 Å². The van der Waals surface area contributed by atoms with Crippen LogP contribution in [0.3, 0.4) is 0 Å². The van der Waals surface area contributed by atoms with E-state index in [9.17, 15) is 0 Å². The SMILES string of the molecule is C=CN=C1C=CC=C/C1=C/CC1CCCCC1. The second-order valence-corrected chi connectivity index (χ2v) is 4.81. The highest BCUT2D eigenvalue weighted by Crippen LogP contribution is 2.27. The lowest BCUT2D eigenvalue weighted by atomic mass is 9.86. The van der Waals surface area contributed by atoms with Gasteiger partial charge in [0.05, 0.1) is 5.71 Å². The summed E-state index contributed by atoms with van der Waals surface area (Å²) in [5.41, 5.74) is 2.29. The van der Waals surface area contributed by atoms with Crippen LogP contribution >= 0.6 is 0 Å². The molecule has 1 nitrogen and oxygen atoms in total. The number of hydrogen-bond acceptors (Lipinski definition) is 1. The first-order valence-electron chi connectivity index (χ1n) is 6.64. The van der Waals surface area contributed by atoms with E-state index in [1.807, 2.05) is 12.2 Å². The van der Waals surface area contributed by atoms with E-state index < -0.39 is 0 Å². The predicted molar refractivity (Wildman–Crippen MR) is 75.2 cm³/mol. The molecule has 0 aromatic carbocycles. The van der Waals surface area contributed by atoms with E-state index >= 15 is 0 Å². The van der Waals surface area contributed by atoms with Crippen molar-refractivity contribution < 1.29 is 0 Å². The van der Waals surface area contributed by atoms with E-state index in [1.54, 1.807) is 6.20 Å². The average Bonchev–Trinajstić information content (AvgIpc) is 2.39. The second-order valence-electron chi connectivity index (χ2n) is 4.81. The van der Waals surface area contributed by atoms with Crippen LogP contribution in [0.2, 0.25) is 0 Å². The molecule has 1 saturated carbocycles. The van der Waals surface area contributed by atoms with Crippen molar-refractivity contribution in [3.05, 3.63) is 48.7 Å². The summed E-state index contributed by atoms with van der Waals surface area (Å²) in [7, 11) is 0. The molecule has 1 heteroatoms. The summed E-state index contributed by atoms with van der Waals surface area (Å²) in [4.78, 5) is 4.30. The molecule has 2 rings (SSSR count). The van der Waals surface area contributed by atoms with Crippen LogP contribution in [0.25, 0.3) is 0 Å². The Morgan fingerprint density at radius 1 is 1.18 bits per heavy atom. The standard InChI is InChI=1S/C16H21N/c1-2-17-16-11-7-6-10-15(16)13-12-14-8-4-3-5-9-14/h2,6-7,10-11,13-14H,1,3-5,8-9,12H2/b15-13-,17-16?. The molecule has 0 heterocycles. The Hall–Kier alpha value is -1.37. The summed E-state index contributed by atoms with van der Waals surface area (Å²) in [6.07, 6.45) is 20.5. The molecule has 0 bridgehead atoms. The lowest BCUT2D eigenvalue weighted by Gasteiger charge is -2.20. The van der Waals surface area contributed by atoms with Gasteiger partial charge in [-0.3, -0.25) is 4.99 Å². The first-order valence-corrected chi connectivity index (χ1v) is 6.64. The molecule has 0 unspecified atom stereocenters. The molecule has 0 amide bonds. The lowest BCUT2D eigenvalue weighted by molar-refractivity contribution is 0.361. The summed E-state index contributed by atoms with van der Waals surface area (Å²) >= 11 is 0. The Labute approximate surface area is 104 Å². The van der Waals surface area contributed by atoms with E-state index in [2.05, 4.69) is 29.8 Å². The van der Waals surface area contributed by atoms with Crippen LogP contribution in [0.4, 0.5) is 0 Å². The number of allylic oxidation sites excluding steroid dienone is 6. The van der Waals surface area contributed by atoms with Gasteiger partial charge in [0, 0.05) is 6.20 Å². The van der Waals surface area contributed by atoms with Crippen LogP contribution in [0, 0.1) is 5.92 Å². The number of hydrogen-bond donors (Lipinski definition) is 0. The second kappa shape index (κ2) is 6.39. The predicted octanol–water partition coefficient (Wildman–Crippen LogP) is 4.59. The molecule has 0 saturated heterocycles. The molecule has 0 aromatic rings. The third-order valence-corrected chi connectivity index (χ3v) is 3.56. The number of rotatable bonds is 3. The van der Waals surface area contributed by atoms with Gasteiger partial charge in [-0.1, -0.05) is 63.0 Å². The fourth-order valence-corrected chi connectivity index (χ4v) is 2.59. The third kappa shape index (κ3) is 3.55. The Kier molecular flexibility index (Phi) is 4.54. The smallest absolute Gasteiger partial charge is 0.0698 e. The average molecular weight is 227 g/mol. The zero-order valence-corrected chi connectivity index (χ0v) is 10.4. The zero-order chi connectivity index (χ0) is 11.9. The fourth-order valence-electron chi connectivity index (χ4n) is 2.59. The topological polar surface area (TPSA) is 12.4 Å². The first kappa shape index (κ1) is 12.1. The molecule has 0 atom stereocenters. The van der Waals surface area contributed by atoms with Crippen molar-refractivity contribution in [3.63, 3.8) is 0 Å². The molecule has 90 valence electrons. The molecular weight excluding hydrogens is 206 g/mol. The van der Waals surface area contributed by atoms with Crippen LogP contribution in [0.15, 0.2) is 53.7 Å². The summed E-state index contributed by atoms with van der Waals surface area (Å²) in [5.74, 6) is 0.889. The van der Waals surface area contributed by atoms with Gasteiger partial charge in [-0.25, -0.2) is 0 Å². The minimum absolute atomic E-state index is 0.889. The molecule has 2 aliphatic carbocycles. The maximum absolute atomic E-state index is 4.30. The minimum Gasteiger partial charge on any atom is -0.257 e. The van der Waals surface area contributed by atoms with Crippen molar-refractivity contribution >= 4 is 5.71 Å². The summed E-state index contributed by atoms with van der Waals surface area (Å²) in [6.45, 7) is 3.67. The van der Waals surface area contributed by atoms with E-state index in [-0.39, 0.29) is 0 Å². The Morgan fingerprint density at radius 3 is 2.71 bits per heavy atom. The largest absolute Gasteiger partial charge is 0.257 e. The van der Waals surface area contributed by atoms with Crippen molar-refractivity contribution in [2.24, 2.45) is 10.9 Å². The Balaban J connectivity index is 1.99. The van der Waals surface area contributed by atoms with Crippen molar-refractivity contribution in [3.8, 4) is 0 Å². The van der Waals surface area contributed by atoms with Gasteiger partial charge >= 0.3 is 0 Å². The van der Waals surface area contributed by atoms with Crippen LogP contribution in [0.5, 0.6) is 0 Å². The van der Waals surface area contributed by atoms with Gasteiger partial charge in [0.2, 0.25) is 0 Å². The normalized spacial score (nSPS) is 25.6. The van der Waals surface area contributed by atoms with Crippen molar-refractivity contribution in [2.75, 3.05) is 0 Å². The first-order chi connectivity index (χ1) is 8.40. The van der Waals surface area contributed by atoms with E-state index in [1.165, 1.54) is 44.1 Å². The van der Waals surface area contributed by atoms with E-state index in [0.717, 1.165) is 11.6 Å². The van der Waals surface area contributed by atoms with Crippen molar-refractivity contribution in [1.82, 2.24) is 0 Å². The van der Waals surface area contributed by atoms with Gasteiger partial charge in [0.15, 0.2) is 0 Å². The van der Waals surface area contributed by atoms with Gasteiger partial charge in [-0.15, -0.1) is 0 Å². The highest BCUT2D eigenvalue weighted by Gasteiger charge is 2.12. The van der Waals surface area contributed by atoms with Crippen LogP contribution in [0.1, 0.15) is 38.5 Å². The fraction of sp³-hybridized carbons (Fsp3) is 0.438. The minimum atomic E-state index is 0.889. The lowest BCUT2D eigenvalue weighted by Crippen LogP contribution is -2.06. The summed E-state index contributed by atoms with van der Waals surface area (Å²) in [5, 5.41) is 0. The monoisotopic (exact) mass is 227 g/mol. The number of nitrogens with zero attached hydrogens (tertiary/aromatic N) is 1. The van der Waals surface area contributed by atoms with Gasteiger partial charge in [-0.05, 0) is 24.0 Å². The molecular formula is C16H21N. The van der Waals surface area contributed by atoms with Crippen molar-refractivity contribution in [1.29, 1.82) is 0 Å². The zero-order valence-electron chi connectivity index (χ0n) is 10.4. The molecule has 0 aromatic heterocycles. The quantitative estimate of drug-likeness (QED) is 0.668. The molecule has 17 heavy (non-hydrogen) atoms. The Bertz CT molecular complexity index is 376. The van der Waals surface area contributed by atoms with E-state index in [0.29, 0.717) is 0 Å². The van der Waals surface area contributed by atoms with Crippen molar-refractivity contribution in [2.45, 2.75) is 38.5 Å². The van der Waals surface area contributed by atoms with E-state index in [4.69, 9.17) is 0 Å². The van der Waals surface area contributed by atoms with Gasteiger partial charge in [0.1, 0.15) is 0 Å². The highest BCUT2D eigenvalue weighted by atomic mass is 14.7. The third-order valence-electron chi connectivity index (χ3n) is 3.56. The highest BCUT2D eigenvalue weighted by molar-refractivity contribution is 6.11. The molecule has 0 aliphatic heterocycles. The van der Waals surface area contributed by atoms with Crippen LogP contribution < -0.4 is 0 Å². The van der Waals surface area contributed by atoms with Crippen LogP contribution in [-0.4, -0.2) is 5.71 Å². The molecule has 2 aliphatic rings.